The second-order valence-corrected chi connectivity index (χ2v) is 3.44. The van der Waals surface area contributed by atoms with Gasteiger partial charge in [-0.05, 0) is 12.0 Å². The first kappa shape index (κ1) is 9.92. The Morgan fingerprint density at radius 1 is 1.62 bits per heavy atom. The molecule has 1 aromatic rings. The molecule has 72 valence electrons. The molecule has 0 amide bonds. The van der Waals surface area contributed by atoms with Gasteiger partial charge >= 0.3 is 0 Å². The number of hydrogen-bond donors (Lipinski definition) is 1. The number of hydrogen-bond acceptors (Lipinski definition) is 3. The van der Waals surface area contributed by atoms with Crippen molar-refractivity contribution in [2.75, 3.05) is 0 Å². The molecule has 0 saturated heterocycles. The molecule has 0 atom stereocenters. The Morgan fingerprint density at radius 2 is 2.31 bits per heavy atom. The molecule has 0 saturated carbocycles. The Hall–Kier alpha value is -1.16. The molecule has 1 heterocycles. The molecule has 0 bridgehead atoms. The van der Waals surface area contributed by atoms with Gasteiger partial charge in [-0.15, -0.1) is 0 Å². The second kappa shape index (κ2) is 4.18. The highest BCUT2D eigenvalue weighted by molar-refractivity contribution is 5.05. The van der Waals surface area contributed by atoms with E-state index in [2.05, 4.69) is 5.10 Å². The molecule has 2 N–H and O–H groups in total. The maximum Gasteiger partial charge on any atom is 0.271 e. The van der Waals surface area contributed by atoms with Crippen molar-refractivity contribution in [3.05, 3.63) is 28.2 Å². The summed E-state index contributed by atoms with van der Waals surface area (Å²) in [5.74, 6) is 0.415. The second-order valence-electron chi connectivity index (χ2n) is 3.44. The highest BCUT2D eigenvalue weighted by atomic mass is 16.1. The summed E-state index contributed by atoms with van der Waals surface area (Å²) in [6, 6.07) is 1.67. The summed E-state index contributed by atoms with van der Waals surface area (Å²) in [5.41, 5.74) is 5.96. The molecule has 0 unspecified atom stereocenters. The minimum Gasteiger partial charge on any atom is -0.326 e. The zero-order valence-corrected chi connectivity index (χ0v) is 8.03. The summed E-state index contributed by atoms with van der Waals surface area (Å²) in [4.78, 5) is 11.6. The third-order valence-electron chi connectivity index (χ3n) is 1.75. The largest absolute Gasteiger partial charge is 0.326 e. The lowest BCUT2D eigenvalue weighted by molar-refractivity contribution is 0.461. The van der Waals surface area contributed by atoms with Crippen molar-refractivity contribution in [1.82, 2.24) is 9.78 Å². The molecule has 1 aromatic heterocycles. The van der Waals surface area contributed by atoms with E-state index in [1.807, 2.05) is 13.8 Å². The smallest absolute Gasteiger partial charge is 0.271 e. The Morgan fingerprint density at radius 3 is 2.85 bits per heavy atom. The predicted molar refractivity (Wildman–Crippen MR) is 51.2 cm³/mol. The van der Waals surface area contributed by atoms with E-state index in [1.165, 1.54) is 4.68 Å². The predicted octanol–water partition coefficient (Wildman–Crippen LogP) is 0.358. The van der Waals surface area contributed by atoms with Crippen LogP contribution in [0.1, 0.15) is 19.4 Å². The normalized spacial score (nSPS) is 10.8. The monoisotopic (exact) mass is 181 g/mol. The standard InChI is InChI=1S/C9H15N3O/c1-7(2)6-12-9(13)8(5-10)3-4-11-12/h3-4,7H,5-6,10H2,1-2H3. The van der Waals surface area contributed by atoms with Crippen LogP contribution in [0.3, 0.4) is 0 Å². The fourth-order valence-corrected chi connectivity index (χ4v) is 1.12. The third kappa shape index (κ3) is 2.39. The lowest BCUT2D eigenvalue weighted by Gasteiger charge is -2.07. The highest BCUT2D eigenvalue weighted by Gasteiger charge is 2.03. The summed E-state index contributed by atoms with van der Waals surface area (Å²) in [6.45, 7) is 5.01. The summed E-state index contributed by atoms with van der Waals surface area (Å²) in [7, 11) is 0. The van der Waals surface area contributed by atoms with Gasteiger partial charge in [-0.3, -0.25) is 4.79 Å². The lowest BCUT2D eigenvalue weighted by Crippen LogP contribution is -2.28. The molecular weight excluding hydrogens is 166 g/mol. The van der Waals surface area contributed by atoms with Crippen LogP contribution in [0.25, 0.3) is 0 Å². The van der Waals surface area contributed by atoms with Gasteiger partial charge in [-0.2, -0.15) is 5.10 Å². The zero-order chi connectivity index (χ0) is 9.84. The summed E-state index contributed by atoms with van der Waals surface area (Å²) in [6.07, 6.45) is 1.62. The summed E-state index contributed by atoms with van der Waals surface area (Å²) in [5, 5.41) is 3.98. The van der Waals surface area contributed by atoms with Gasteiger partial charge in [-0.25, -0.2) is 4.68 Å². The van der Waals surface area contributed by atoms with Gasteiger partial charge in [0.05, 0.1) is 0 Å². The molecule has 0 aliphatic rings. The molecule has 4 nitrogen and oxygen atoms in total. The van der Waals surface area contributed by atoms with Crippen LogP contribution in [-0.4, -0.2) is 9.78 Å². The van der Waals surface area contributed by atoms with E-state index < -0.39 is 0 Å². The third-order valence-corrected chi connectivity index (χ3v) is 1.75. The van der Waals surface area contributed by atoms with Crippen molar-refractivity contribution in [1.29, 1.82) is 0 Å². The van der Waals surface area contributed by atoms with Crippen LogP contribution in [0.2, 0.25) is 0 Å². The number of nitrogens with zero attached hydrogens (tertiary/aromatic N) is 2. The van der Waals surface area contributed by atoms with Crippen molar-refractivity contribution in [2.45, 2.75) is 26.9 Å². The van der Waals surface area contributed by atoms with Gasteiger partial charge in [0, 0.05) is 24.8 Å². The van der Waals surface area contributed by atoms with Gasteiger partial charge in [0.1, 0.15) is 0 Å². The molecule has 1 rings (SSSR count). The molecule has 0 aliphatic heterocycles. The van der Waals surface area contributed by atoms with Gasteiger partial charge in [0.15, 0.2) is 0 Å². The topological polar surface area (TPSA) is 60.9 Å². The summed E-state index contributed by atoms with van der Waals surface area (Å²) >= 11 is 0. The minimum absolute atomic E-state index is 0.0706. The van der Waals surface area contributed by atoms with Crippen molar-refractivity contribution >= 4 is 0 Å². The number of nitrogens with two attached hydrogens (primary N) is 1. The van der Waals surface area contributed by atoms with Crippen LogP contribution in [-0.2, 0) is 13.1 Å². The minimum atomic E-state index is -0.0706. The first-order valence-electron chi connectivity index (χ1n) is 4.40. The maximum absolute atomic E-state index is 11.6. The van der Waals surface area contributed by atoms with E-state index in [0.717, 1.165) is 0 Å². The van der Waals surface area contributed by atoms with E-state index in [1.54, 1.807) is 12.3 Å². The van der Waals surface area contributed by atoms with Crippen LogP contribution in [0.15, 0.2) is 17.1 Å². The van der Waals surface area contributed by atoms with E-state index in [4.69, 9.17) is 5.73 Å². The lowest BCUT2D eigenvalue weighted by atomic mass is 10.2. The van der Waals surface area contributed by atoms with Crippen LogP contribution >= 0.6 is 0 Å². The molecule has 13 heavy (non-hydrogen) atoms. The molecular formula is C9H15N3O. The molecule has 0 fully saturated rings. The fourth-order valence-electron chi connectivity index (χ4n) is 1.12. The fraction of sp³-hybridized carbons (Fsp3) is 0.556. The van der Waals surface area contributed by atoms with E-state index in [0.29, 0.717) is 18.0 Å². The van der Waals surface area contributed by atoms with Crippen LogP contribution in [0.5, 0.6) is 0 Å². The average molecular weight is 181 g/mol. The Balaban J connectivity index is 3.02. The van der Waals surface area contributed by atoms with Crippen molar-refractivity contribution in [3.8, 4) is 0 Å². The van der Waals surface area contributed by atoms with Gasteiger partial charge in [0.2, 0.25) is 0 Å². The molecule has 0 aliphatic carbocycles. The van der Waals surface area contributed by atoms with Crippen molar-refractivity contribution < 1.29 is 0 Å². The first-order valence-corrected chi connectivity index (χ1v) is 4.40. The average Bonchev–Trinajstić information content (AvgIpc) is 2.08. The number of rotatable bonds is 3. The van der Waals surface area contributed by atoms with Gasteiger partial charge in [0.25, 0.3) is 5.56 Å². The highest BCUT2D eigenvalue weighted by Crippen LogP contribution is 1.94. The van der Waals surface area contributed by atoms with Gasteiger partial charge in [-0.1, -0.05) is 13.8 Å². The van der Waals surface area contributed by atoms with Crippen LogP contribution in [0, 0.1) is 5.92 Å². The number of aromatic nitrogens is 2. The van der Waals surface area contributed by atoms with E-state index >= 15 is 0 Å². The van der Waals surface area contributed by atoms with E-state index in [-0.39, 0.29) is 12.1 Å². The van der Waals surface area contributed by atoms with Gasteiger partial charge < -0.3 is 5.73 Å². The zero-order valence-electron chi connectivity index (χ0n) is 8.03. The molecule has 0 radical (unpaired) electrons. The Bertz CT molecular complexity index is 330. The van der Waals surface area contributed by atoms with Crippen molar-refractivity contribution in [3.63, 3.8) is 0 Å². The van der Waals surface area contributed by atoms with E-state index in [9.17, 15) is 4.79 Å². The molecule has 0 spiro atoms. The summed E-state index contributed by atoms with van der Waals surface area (Å²) < 4.78 is 1.47. The molecule has 0 aromatic carbocycles. The first-order chi connectivity index (χ1) is 6.15. The Kier molecular flexibility index (Phi) is 3.19. The maximum atomic E-state index is 11.6. The van der Waals surface area contributed by atoms with Crippen LogP contribution in [0.4, 0.5) is 0 Å². The van der Waals surface area contributed by atoms with Crippen LogP contribution < -0.4 is 11.3 Å². The van der Waals surface area contributed by atoms with Crippen molar-refractivity contribution in [2.24, 2.45) is 11.7 Å². The quantitative estimate of drug-likeness (QED) is 0.732. The molecule has 4 heteroatoms. The Labute approximate surface area is 77.4 Å². The SMILES string of the molecule is CC(C)Cn1nccc(CN)c1=O.